The molecule has 0 unspecified atom stereocenters. The molecule has 0 aromatic heterocycles. The van der Waals surface area contributed by atoms with Crippen LogP contribution in [0.3, 0.4) is 0 Å². The Morgan fingerprint density at radius 3 is 2.42 bits per heavy atom. The molecule has 0 atom stereocenters. The minimum Gasteiger partial charge on any atom is -0.508 e. The van der Waals surface area contributed by atoms with Gasteiger partial charge in [0.15, 0.2) is 0 Å². The van der Waals surface area contributed by atoms with E-state index in [2.05, 4.69) is 0 Å². The number of anilines is 1. The van der Waals surface area contributed by atoms with Gasteiger partial charge in [-0.3, -0.25) is 4.90 Å². The molecule has 0 aliphatic rings. The van der Waals surface area contributed by atoms with Gasteiger partial charge in [-0.25, -0.2) is 4.79 Å². The predicted molar refractivity (Wildman–Crippen MR) is 104 cm³/mol. The van der Waals surface area contributed by atoms with Crippen LogP contribution in [0.5, 0.6) is 5.75 Å². The van der Waals surface area contributed by atoms with Crippen molar-refractivity contribution in [3.05, 3.63) is 72.3 Å². The third kappa shape index (κ3) is 4.14. The van der Waals surface area contributed by atoms with Gasteiger partial charge in [0.1, 0.15) is 11.4 Å². The standard InChI is InChI=1S/C22H23NO3/c1-22(2,3)26-21(25)23(15-16-8-6-11-18(24)14-16)20-13-7-10-17-9-4-5-12-19(17)20/h4-14,24H,15H2,1-3H3. The highest BCUT2D eigenvalue weighted by atomic mass is 16.6. The Balaban J connectivity index is 2.06. The number of aromatic hydroxyl groups is 1. The largest absolute Gasteiger partial charge is 0.508 e. The fourth-order valence-corrected chi connectivity index (χ4v) is 2.85. The third-order valence-corrected chi connectivity index (χ3v) is 3.92. The number of phenols is 1. The average molecular weight is 349 g/mol. The van der Waals surface area contributed by atoms with E-state index in [0.717, 1.165) is 22.0 Å². The molecule has 0 aliphatic carbocycles. The zero-order valence-corrected chi connectivity index (χ0v) is 15.3. The highest BCUT2D eigenvalue weighted by molar-refractivity contribution is 6.01. The van der Waals surface area contributed by atoms with Crippen LogP contribution >= 0.6 is 0 Å². The number of hydrogen-bond acceptors (Lipinski definition) is 3. The lowest BCUT2D eigenvalue weighted by molar-refractivity contribution is 0.0578. The van der Waals surface area contributed by atoms with Crippen molar-refractivity contribution in [3.8, 4) is 5.75 Å². The molecule has 3 aromatic carbocycles. The fourth-order valence-electron chi connectivity index (χ4n) is 2.85. The Kier molecular flexibility index (Phi) is 4.85. The smallest absolute Gasteiger partial charge is 0.415 e. The van der Waals surface area contributed by atoms with Gasteiger partial charge in [0.05, 0.1) is 12.2 Å². The maximum absolute atomic E-state index is 12.9. The molecule has 3 aromatic rings. The van der Waals surface area contributed by atoms with Gasteiger partial charge in [-0.05, 0) is 49.9 Å². The monoisotopic (exact) mass is 349 g/mol. The highest BCUT2D eigenvalue weighted by Crippen LogP contribution is 2.29. The van der Waals surface area contributed by atoms with Gasteiger partial charge in [-0.1, -0.05) is 48.5 Å². The van der Waals surface area contributed by atoms with Crippen molar-refractivity contribution in [2.45, 2.75) is 32.9 Å². The van der Waals surface area contributed by atoms with Crippen LogP contribution in [-0.4, -0.2) is 16.8 Å². The van der Waals surface area contributed by atoms with E-state index in [9.17, 15) is 9.90 Å². The molecule has 0 saturated heterocycles. The number of carbonyl (C=O) groups excluding carboxylic acids is 1. The molecule has 0 heterocycles. The molecule has 1 N–H and O–H groups in total. The van der Waals surface area contributed by atoms with Gasteiger partial charge in [-0.15, -0.1) is 0 Å². The molecule has 4 heteroatoms. The van der Waals surface area contributed by atoms with Gasteiger partial charge in [0, 0.05) is 5.39 Å². The Morgan fingerprint density at radius 1 is 1.00 bits per heavy atom. The molecular weight excluding hydrogens is 326 g/mol. The van der Waals surface area contributed by atoms with E-state index in [1.54, 1.807) is 23.1 Å². The number of benzene rings is 3. The van der Waals surface area contributed by atoms with Crippen LogP contribution in [-0.2, 0) is 11.3 Å². The lowest BCUT2D eigenvalue weighted by atomic mass is 10.1. The van der Waals surface area contributed by atoms with Gasteiger partial charge >= 0.3 is 6.09 Å². The molecule has 0 spiro atoms. The summed E-state index contributed by atoms with van der Waals surface area (Å²) in [6.45, 7) is 5.85. The summed E-state index contributed by atoms with van der Waals surface area (Å²) in [7, 11) is 0. The number of nitrogens with zero attached hydrogens (tertiary/aromatic N) is 1. The lowest BCUT2D eigenvalue weighted by Crippen LogP contribution is -2.36. The Morgan fingerprint density at radius 2 is 1.69 bits per heavy atom. The number of carbonyl (C=O) groups is 1. The molecule has 3 rings (SSSR count). The molecule has 26 heavy (non-hydrogen) atoms. The first-order chi connectivity index (χ1) is 12.3. The van der Waals surface area contributed by atoms with Crippen LogP contribution in [0.15, 0.2) is 66.7 Å². The molecule has 0 saturated carbocycles. The Bertz CT molecular complexity index is 923. The van der Waals surface area contributed by atoms with Crippen molar-refractivity contribution >= 4 is 22.6 Å². The van der Waals surface area contributed by atoms with Crippen molar-refractivity contribution in [1.29, 1.82) is 0 Å². The summed E-state index contributed by atoms with van der Waals surface area (Å²) >= 11 is 0. The fraction of sp³-hybridized carbons (Fsp3) is 0.227. The van der Waals surface area contributed by atoms with Gasteiger partial charge < -0.3 is 9.84 Å². The van der Waals surface area contributed by atoms with Crippen LogP contribution in [0.2, 0.25) is 0 Å². The number of rotatable bonds is 3. The van der Waals surface area contributed by atoms with Crippen molar-refractivity contribution < 1.29 is 14.6 Å². The normalized spacial score (nSPS) is 11.3. The Hall–Kier alpha value is -3.01. The van der Waals surface area contributed by atoms with E-state index in [1.807, 2.05) is 69.3 Å². The first-order valence-corrected chi connectivity index (χ1v) is 8.60. The van der Waals surface area contributed by atoms with E-state index in [0.29, 0.717) is 6.54 Å². The summed E-state index contributed by atoms with van der Waals surface area (Å²) in [4.78, 5) is 14.5. The van der Waals surface area contributed by atoms with Gasteiger partial charge in [-0.2, -0.15) is 0 Å². The van der Waals surface area contributed by atoms with Gasteiger partial charge in [0.2, 0.25) is 0 Å². The molecule has 0 radical (unpaired) electrons. The number of amides is 1. The zero-order chi connectivity index (χ0) is 18.7. The second-order valence-electron chi connectivity index (χ2n) is 7.23. The predicted octanol–water partition coefficient (Wildman–Crippen LogP) is 5.49. The lowest BCUT2D eigenvalue weighted by Gasteiger charge is -2.28. The summed E-state index contributed by atoms with van der Waals surface area (Å²) in [5, 5.41) is 11.8. The highest BCUT2D eigenvalue weighted by Gasteiger charge is 2.25. The van der Waals surface area contributed by atoms with Crippen molar-refractivity contribution in [3.63, 3.8) is 0 Å². The second kappa shape index (κ2) is 7.08. The van der Waals surface area contributed by atoms with E-state index in [4.69, 9.17) is 4.74 Å². The molecule has 1 amide bonds. The summed E-state index contributed by atoms with van der Waals surface area (Å²) in [5.74, 6) is 0.171. The summed E-state index contributed by atoms with van der Waals surface area (Å²) in [6, 6.07) is 20.7. The number of fused-ring (bicyclic) bond motifs is 1. The minimum atomic E-state index is -0.598. The van der Waals surface area contributed by atoms with E-state index in [1.165, 1.54) is 0 Å². The van der Waals surface area contributed by atoms with E-state index >= 15 is 0 Å². The van der Waals surface area contributed by atoms with Crippen LogP contribution < -0.4 is 4.90 Å². The molecule has 0 aliphatic heterocycles. The quantitative estimate of drug-likeness (QED) is 0.680. The Labute approximate surface area is 153 Å². The topological polar surface area (TPSA) is 49.8 Å². The maximum Gasteiger partial charge on any atom is 0.415 e. The van der Waals surface area contributed by atoms with Crippen molar-refractivity contribution in [1.82, 2.24) is 0 Å². The van der Waals surface area contributed by atoms with Crippen LogP contribution in [0.4, 0.5) is 10.5 Å². The summed E-state index contributed by atoms with van der Waals surface area (Å²) in [5.41, 5.74) is 1.00. The van der Waals surface area contributed by atoms with Gasteiger partial charge in [0.25, 0.3) is 0 Å². The minimum absolute atomic E-state index is 0.171. The zero-order valence-electron chi connectivity index (χ0n) is 15.3. The summed E-state index contributed by atoms with van der Waals surface area (Å²) < 4.78 is 5.63. The van der Waals surface area contributed by atoms with Crippen LogP contribution in [0.25, 0.3) is 10.8 Å². The van der Waals surface area contributed by atoms with Crippen molar-refractivity contribution in [2.24, 2.45) is 0 Å². The molecule has 4 nitrogen and oxygen atoms in total. The molecule has 134 valence electrons. The van der Waals surface area contributed by atoms with Crippen LogP contribution in [0.1, 0.15) is 26.3 Å². The number of hydrogen-bond donors (Lipinski definition) is 1. The molecule has 0 fully saturated rings. The number of phenolic OH excluding ortho intramolecular Hbond substituents is 1. The molecule has 0 bridgehead atoms. The number of ether oxygens (including phenoxy) is 1. The average Bonchev–Trinajstić information content (AvgIpc) is 2.58. The van der Waals surface area contributed by atoms with Crippen LogP contribution in [0, 0.1) is 0 Å². The SMILES string of the molecule is CC(C)(C)OC(=O)N(Cc1cccc(O)c1)c1cccc2ccccc12. The second-order valence-corrected chi connectivity index (χ2v) is 7.23. The third-order valence-electron chi connectivity index (χ3n) is 3.92. The molecular formula is C22H23NO3. The maximum atomic E-state index is 12.9. The van der Waals surface area contributed by atoms with E-state index in [-0.39, 0.29) is 5.75 Å². The first-order valence-electron chi connectivity index (χ1n) is 8.60. The first kappa shape index (κ1) is 17.8. The van der Waals surface area contributed by atoms with Crippen molar-refractivity contribution in [2.75, 3.05) is 4.90 Å². The van der Waals surface area contributed by atoms with E-state index < -0.39 is 11.7 Å². The summed E-state index contributed by atoms with van der Waals surface area (Å²) in [6.07, 6.45) is -0.419.